The van der Waals surface area contributed by atoms with Gasteiger partial charge in [-0.05, 0) is 50.7 Å². The minimum atomic E-state index is 0.516. The van der Waals surface area contributed by atoms with Crippen LogP contribution in [0, 0.1) is 12.3 Å². The van der Waals surface area contributed by atoms with Crippen LogP contribution in [0.4, 0.5) is 0 Å². The van der Waals surface area contributed by atoms with E-state index in [1.54, 1.807) is 0 Å². The maximum Gasteiger partial charge on any atom is 0.0386 e. The molecule has 16 heavy (non-hydrogen) atoms. The van der Waals surface area contributed by atoms with E-state index >= 15 is 0 Å². The summed E-state index contributed by atoms with van der Waals surface area (Å²) in [6, 6.07) is 5.00. The fourth-order valence-electron chi connectivity index (χ4n) is 2.49. The van der Waals surface area contributed by atoms with Gasteiger partial charge in [-0.3, -0.25) is 0 Å². The Labute approximate surface area is 103 Å². The second kappa shape index (κ2) is 4.89. The van der Waals surface area contributed by atoms with Crippen LogP contribution >= 0.6 is 11.3 Å². The summed E-state index contributed by atoms with van der Waals surface area (Å²) in [5.74, 6) is 0. The SMILES string of the molecule is CCC1(CNC(C)c2ccc(C)s2)CCC1. The Balaban J connectivity index is 1.86. The first-order valence-corrected chi connectivity index (χ1v) is 7.27. The normalized spacial score (nSPS) is 20.4. The molecule has 1 N–H and O–H groups in total. The molecule has 0 radical (unpaired) electrons. The van der Waals surface area contributed by atoms with Gasteiger partial charge in [0.25, 0.3) is 0 Å². The molecular weight excluding hydrogens is 214 g/mol. The van der Waals surface area contributed by atoms with Crippen molar-refractivity contribution >= 4 is 11.3 Å². The Hall–Kier alpha value is -0.340. The molecule has 1 fully saturated rings. The number of rotatable bonds is 5. The van der Waals surface area contributed by atoms with Crippen molar-refractivity contribution in [2.45, 2.75) is 52.5 Å². The van der Waals surface area contributed by atoms with Crippen molar-refractivity contribution < 1.29 is 0 Å². The maximum absolute atomic E-state index is 3.72. The highest BCUT2D eigenvalue weighted by Gasteiger charge is 2.34. The minimum absolute atomic E-state index is 0.516. The highest BCUT2D eigenvalue weighted by atomic mass is 32.1. The lowest BCUT2D eigenvalue weighted by Crippen LogP contribution is -2.40. The zero-order chi connectivity index (χ0) is 11.6. The van der Waals surface area contributed by atoms with Crippen molar-refractivity contribution in [1.82, 2.24) is 5.32 Å². The Bertz CT molecular complexity index is 333. The second-order valence-electron chi connectivity index (χ2n) is 5.26. The zero-order valence-corrected chi connectivity index (χ0v) is 11.5. The van der Waals surface area contributed by atoms with Crippen LogP contribution in [-0.4, -0.2) is 6.54 Å². The summed E-state index contributed by atoms with van der Waals surface area (Å²) in [5, 5.41) is 3.72. The highest BCUT2D eigenvalue weighted by molar-refractivity contribution is 7.12. The van der Waals surface area contributed by atoms with Crippen LogP contribution in [-0.2, 0) is 0 Å². The second-order valence-corrected chi connectivity index (χ2v) is 6.58. The van der Waals surface area contributed by atoms with E-state index in [4.69, 9.17) is 0 Å². The minimum Gasteiger partial charge on any atom is -0.309 e. The van der Waals surface area contributed by atoms with E-state index in [2.05, 4.69) is 38.2 Å². The van der Waals surface area contributed by atoms with Gasteiger partial charge in [-0.1, -0.05) is 13.3 Å². The molecule has 1 aliphatic carbocycles. The molecule has 1 aromatic heterocycles. The van der Waals surface area contributed by atoms with Gasteiger partial charge in [0, 0.05) is 22.3 Å². The molecule has 0 saturated heterocycles. The average Bonchev–Trinajstić information content (AvgIpc) is 2.64. The van der Waals surface area contributed by atoms with Gasteiger partial charge in [0.1, 0.15) is 0 Å². The molecule has 90 valence electrons. The predicted molar refractivity (Wildman–Crippen MR) is 72.0 cm³/mol. The highest BCUT2D eigenvalue weighted by Crippen LogP contribution is 2.43. The fourth-order valence-corrected chi connectivity index (χ4v) is 3.39. The monoisotopic (exact) mass is 237 g/mol. The van der Waals surface area contributed by atoms with Crippen LogP contribution in [0.2, 0.25) is 0 Å². The van der Waals surface area contributed by atoms with Gasteiger partial charge >= 0.3 is 0 Å². The largest absolute Gasteiger partial charge is 0.309 e. The first kappa shape index (κ1) is 12.1. The van der Waals surface area contributed by atoms with Crippen LogP contribution < -0.4 is 5.32 Å². The number of hydrogen-bond donors (Lipinski definition) is 1. The van der Waals surface area contributed by atoms with Gasteiger partial charge in [-0.2, -0.15) is 0 Å². The molecule has 2 rings (SSSR count). The molecule has 0 spiro atoms. The molecule has 0 aliphatic heterocycles. The quantitative estimate of drug-likeness (QED) is 0.805. The summed E-state index contributed by atoms with van der Waals surface area (Å²) in [4.78, 5) is 2.89. The van der Waals surface area contributed by atoms with E-state index in [-0.39, 0.29) is 0 Å². The maximum atomic E-state index is 3.72. The van der Waals surface area contributed by atoms with Crippen molar-refractivity contribution in [2.75, 3.05) is 6.54 Å². The van der Waals surface area contributed by atoms with Crippen molar-refractivity contribution in [2.24, 2.45) is 5.41 Å². The van der Waals surface area contributed by atoms with E-state index in [9.17, 15) is 0 Å². The van der Waals surface area contributed by atoms with Gasteiger partial charge in [0.05, 0.1) is 0 Å². The molecule has 2 heteroatoms. The van der Waals surface area contributed by atoms with Crippen LogP contribution in [0.15, 0.2) is 12.1 Å². The Kier molecular flexibility index (Phi) is 3.70. The molecule has 1 atom stereocenters. The molecular formula is C14H23NS. The van der Waals surface area contributed by atoms with Gasteiger partial charge in [-0.15, -0.1) is 11.3 Å². The van der Waals surface area contributed by atoms with E-state index in [1.165, 1.54) is 42.0 Å². The Morgan fingerprint density at radius 2 is 2.19 bits per heavy atom. The van der Waals surface area contributed by atoms with Crippen LogP contribution in [0.3, 0.4) is 0 Å². The van der Waals surface area contributed by atoms with Crippen LogP contribution in [0.25, 0.3) is 0 Å². The van der Waals surface area contributed by atoms with Gasteiger partial charge in [0.2, 0.25) is 0 Å². The average molecular weight is 237 g/mol. The molecule has 1 heterocycles. The predicted octanol–water partition coefficient (Wildman–Crippen LogP) is 4.29. The van der Waals surface area contributed by atoms with Gasteiger partial charge in [-0.25, -0.2) is 0 Å². The topological polar surface area (TPSA) is 12.0 Å². The molecule has 1 aromatic rings. The van der Waals surface area contributed by atoms with Crippen molar-refractivity contribution in [1.29, 1.82) is 0 Å². The molecule has 1 nitrogen and oxygen atoms in total. The number of thiophene rings is 1. The number of aryl methyl sites for hydroxylation is 1. The van der Waals surface area contributed by atoms with E-state index in [1.807, 2.05) is 11.3 Å². The van der Waals surface area contributed by atoms with Gasteiger partial charge in [0.15, 0.2) is 0 Å². The third kappa shape index (κ3) is 2.49. The molecule has 0 bridgehead atoms. The third-order valence-electron chi connectivity index (χ3n) is 4.14. The van der Waals surface area contributed by atoms with E-state index < -0.39 is 0 Å². The van der Waals surface area contributed by atoms with Crippen molar-refractivity contribution in [3.8, 4) is 0 Å². The molecule has 1 saturated carbocycles. The fraction of sp³-hybridized carbons (Fsp3) is 0.714. The smallest absolute Gasteiger partial charge is 0.0386 e. The number of hydrogen-bond acceptors (Lipinski definition) is 2. The summed E-state index contributed by atoms with van der Waals surface area (Å²) >= 11 is 1.92. The Morgan fingerprint density at radius 3 is 2.62 bits per heavy atom. The molecule has 1 aliphatic rings. The lowest BCUT2D eigenvalue weighted by Gasteiger charge is -2.42. The summed E-state index contributed by atoms with van der Waals surface area (Å²) in [7, 11) is 0. The first-order chi connectivity index (χ1) is 7.65. The lowest BCUT2D eigenvalue weighted by molar-refractivity contribution is 0.120. The molecule has 0 amide bonds. The zero-order valence-electron chi connectivity index (χ0n) is 10.7. The van der Waals surface area contributed by atoms with Crippen LogP contribution in [0.1, 0.15) is 55.3 Å². The van der Waals surface area contributed by atoms with E-state index in [0.29, 0.717) is 11.5 Å². The standard InChI is InChI=1S/C14H23NS/c1-4-14(8-5-9-14)10-15-12(3)13-7-6-11(2)16-13/h6-7,12,15H,4-5,8-10H2,1-3H3. The first-order valence-electron chi connectivity index (χ1n) is 6.45. The lowest BCUT2D eigenvalue weighted by atomic mass is 9.67. The van der Waals surface area contributed by atoms with Crippen molar-refractivity contribution in [3.63, 3.8) is 0 Å². The van der Waals surface area contributed by atoms with Crippen molar-refractivity contribution in [3.05, 3.63) is 21.9 Å². The van der Waals surface area contributed by atoms with E-state index in [0.717, 1.165) is 0 Å². The summed E-state index contributed by atoms with van der Waals surface area (Å²) in [6.45, 7) is 8.00. The molecule has 0 aromatic carbocycles. The van der Waals surface area contributed by atoms with Gasteiger partial charge < -0.3 is 5.32 Å². The third-order valence-corrected chi connectivity index (χ3v) is 5.32. The number of nitrogens with one attached hydrogen (secondary N) is 1. The summed E-state index contributed by atoms with van der Waals surface area (Å²) < 4.78 is 0. The molecule has 1 unspecified atom stereocenters. The summed E-state index contributed by atoms with van der Waals surface area (Å²) in [5.41, 5.74) is 0.626. The summed E-state index contributed by atoms with van der Waals surface area (Å²) in [6.07, 6.45) is 5.61. The van der Waals surface area contributed by atoms with Crippen LogP contribution in [0.5, 0.6) is 0 Å². The Morgan fingerprint density at radius 1 is 1.44 bits per heavy atom.